The molecule has 18 heavy (non-hydrogen) atoms. The van der Waals surface area contributed by atoms with Crippen molar-refractivity contribution in [3.05, 3.63) is 27.4 Å². The molecule has 3 nitrogen and oxygen atoms in total. The number of rotatable bonds is 2. The summed E-state index contributed by atoms with van der Waals surface area (Å²) in [6.07, 6.45) is 1.04. The summed E-state index contributed by atoms with van der Waals surface area (Å²) in [4.78, 5) is 15.7. The minimum absolute atomic E-state index is 0.0454. The van der Waals surface area contributed by atoms with Crippen molar-refractivity contribution in [3.8, 4) is 0 Å². The van der Waals surface area contributed by atoms with Crippen LogP contribution in [0.15, 0.2) is 10.9 Å². The normalized spacial score (nSPS) is 23.0. The first-order chi connectivity index (χ1) is 8.37. The van der Waals surface area contributed by atoms with Crippen LogP contribution in [-0.4, -0.2) is 15.5 Å². The molecule has 0 radical (unpaired) electrons. The van der Waals surface area contributed by atoms with Crippen molar-refractivity contribution in [1.82, 2.24) is 9.55 Å². The van der Waals surface area contributed by atoms with Crippen LogP contribution in [0.3, 0.4) is 0 Å². The Morgan fingerprint density at radius 1 is 1.61 bits per heavy atom. The number of hydrogen-bond acceptors (Lipinski definition) is 2. The topological polar surface area (TPSA) is 34.9 Å². The second-order valence-electron chi connectivity index (χ2n) is 4.89. The third-order valence-corrected chi connectivity index (χ3v) is 3.54. The molecule has 0 N–H and O–H groups in total. The van der Waals surface area contributed by atoms with E-state index in [1.165, 1.54) is 10.6 Å². The minimum atomic E-state index is -2.60. The molecular weight excluding hydrogens is 262 g/mol. The molecule has 1 unspecified atom stereocenters. The van der Waals surface area contributed by atoms with Crippen LogP contribution in [0.25, 0.3) is 0 Å². The molecular formula is C12H15ClF2N2O. The van der Waals surface area contributed by atoms with Crippen molar-refractivity contribution in [1.29, 1.82) is 0 Å². The van der Waals surface area contributed by atoms with E-state index in [1.807, 2.05) is 0 Å². The molecule has 0 aliphatic heterocycles. The molecule has 1 aromatic rings. The molecule has 0 spiro atoms. The summed E-state index contributed by atoms with van der Waals surface area (Å²) in [5.41, 5.74) is -0.276. The van der Waals surface area contributed by atoms with Crippen molar-refractivity contribution in [2.75, 3.05) is 0 Å². The zero-order valence-corrected chi connectivity index (χ0v) is 10.9. The molecule has 1 aliphatic rings. The maximum Gasteiger partial charge on any atom is 0.254 e. The molecule has 1 aromatic heterocycles. The van der Waals surface area contributed by atoms with Gasteiger partial charge in [-0.3, -0.25) is 9.36 Å². The quantitative estimate of drug-likeness (QED) is 0.778. The molecule has 1 heterocycles. The smallest absolute Gasteiger partial charge is 0.254 e. The maximum absolute atomic E-state index is 13.3. The molecule has 100 valence electrons. The Labute approximate surface area is 109 Å². The monoisotopic (exact) mass is 276 g/mol. The lowest BCUT2D eigenvalue weighted by atomic mass is 9.86. The van der Waals surface area contributed by atoms with Crippen LogP contribution >= 0.6 is 11.6 Å². The lowest BCUT2D eigenvalue weighted by molar-refractivity contribution is -0.0549. The second-order valence-corrected chi connectivity index (χ2v) is 5.28. The van der Waals surface area contributed by atoms with Gasteiger partial charge in [0.1, 0.15) is 11.0 Å². The van der Waals surface area contributed by atoms with Gasteiger partial charge in [0.05, 0.1) is 0 Å². The summed E-state index contributed by atoms with van der Waals surface area (Å²) in [5.74, 6) is -2.30. The van der Waals surface area contributed by atoms with Gasteiger partial charge in [-0.25, -0.2) is 13.8 Å². The number of hydrogen-bond donors (Lipinski definition) is 0. The summed E-state index contributed by atoms with van der Waals surface area (Å²) < 4.78 is 28.0. The fourth-order valence-corrected chi connectivity index (χ4v) is 2.71. The van der Waals surface area contributed by atoms with Gasteiger partial charge in [0, 0.05) is 25.5 Å². The molecule has 0 bridgehead atoms. The van der Waals surface area contributed by atoms with Gasteiger partial charge in [-0.05, 0) is 25.7 Å². The first-order valence-corrected chi connectivity index (χ1v) is 6.37. The van der Waals surface area contributed by atoms with Gasteiger partial charge in [0.2, 0.25) is 5.92 Å². The third kappa shape index (κ3) is 3.07. The fraction of sp³-hybridized carbons (Fsp3) is 0.667. The van der Waals surface area contributed by atoms with Gasteiger partial charge >= 0.3 is 0 Å². The molecule has 1 saturated carbocycles. The fourth-order valence-electron chi connectivity index (χ4n) is 2.50. The van der Waals surface area contributed by atoms with Crippen LogP contribution in [0.5, 0.6) is 0 Å². The summed E-state index contributed by atoms with van der Waals surface area (Å²) in [6.45, 7) is 1.96. The average Bonchev–Trinajstić information content (AvgIpc) is 2.22. The Balaban J connectivity index is 2.17. The zero-order chi connectivity index (χ0) is 13.3. The standard InChI is InChI=1S/C12H15ClF2N2O/c1-8-16-10(13)5-11(18)17(8)7-9-3-2-4-12(14,15)6-9/h5,9H,2-4,6-7H2,1H3. The van der Waals surface area contributed by atoms with Crippen LogP contribution in [0.4, 0.5) is 8.78 Å². The maximum atomic E-state index is 13.3. The molecule has 6 heteroatoms. The van der Waals surface area contributed by atoms with Crippen LogP contribution in [-0.2, 0) is 6.54 Å². The minimum Gasteiger partial charge on any atom is -0.297 e. The third-order valence-electron chi connectivity index (χ3n) is 3.35. The second kappa shape index (κ2) is 4.96. The first-order valence-electron chi connectivity index (χ1n) is 5.99. The Hall–Kier alpha value is -0.970. The van der Waals surface area contributed by atoms with Gasteiger partial charge < -0.3 is 0 Å². The molecule has 0 saturated heterocycles. The lowest BCUT2D eigenvalue weighted by Gasteiger charge is -2.29. The molecule has 1 aliphatic carbocycles. The van der Waals surface area contributed by atoms with Crippen molar-refractivity contribution in [3.63, 3.8) is 0 Å². The number of aromatic nitrogens is 2. The van der Waals surface area contributed by atoms with E-state index >= 15 is 0 Å². The molecule has 0 amide bonds. The van der Waals surface area contributed by atoms with Crippen LogP contribution in [0.2, 0.25) is 5.15 Å². The van der Waals surface area contributed by atoms with Gasteiger partial charge in [0.25, 0.3) is 5.56 Å². The van der Waals surface area contributed by atoms with Crippen molar-refractivity contribution in [2.45, 2.75) is 45.1 Å². The Morgan fingerprint density at radius 2 is 2.33 bits per heavy atom. The average molecular weight is 277 g/mol. The summed E-state index contributed by atoms with van der Waals surface area (Å²) >= 11 is 5.67. The van der Waals surface area contributed by atoms with Crippen LogP contribution < -0.4 is 5.56 Å². The number of halogens is 3. The predicted octanol–water partition coefficient (Wildman–Crippen LogP) is 3.03. The van der Waals surface area contributed by atoms with Gasteiger partial charge in [0.15, 0.2) is 0 Å². The predicted molar refractivity (Wildman–Crippen MR) is 65.1 cm³/mol. The Kier molecular flexibility index (Phi) is 3.71. The highest BCUT2D eigenvalue weighted by Crippen LogP contribution is 2.37. The highest BCUT2D eigenvalue weighted by atomic mass is 35.5. The van der Waals surface area contributed by atoms with E-state index in [1.54, 1.807) is 6.92 Å². The van der Waals surface area contributed by atoms with E-state index < -0.39 is 5.92 Å². The van der Waals surface area contributed by atoms with E-state index in [4.69, 9.17) is 11.6 Å². The van der Waals surface area contributed by atoms with Crippen molar-refractivity contribution < 1.29 is 8.78 Å². The Morgan fingerprint density at radius 3 is 2.94 bits per heavy atom. The van der Waals surface area contributed by atoms with Crippen LogP contribution in [0.1, 0.15) is 31.5 Å². The highest BCUT2D eigenvalue weighted by molar-refractivity contribution is 6.29. The van der Waals surface area contributed by atoms with Gasteiger partial charge in [-0.1, -0.05) is 11.6 Å². The number of aryl methyl sites for hydroxylation is 1. The molecule has 2 rings (SSSR count). The van der Waals surface area contributed by atoms with Crippen molar-refractivity contribution >= 4 is 11.6 Å². The van der Waals surface area contributed by atoms with E-state index in [-0.39, 0.29) is 29.5 Å². The van der Waals surface area contributed by atoms with Crippen LogP contribution in [0, 0.1) is 12.8 Å². The largest absolute Gasteiger partial charge is 0.297 e. The lowest BCUT2D eigenvalue weighted by Crippen LogP contribution is -2.32. The summed E-state index contributed by atoms with van der Waals surface area (Å²) in [6, 6.07) is 1.22. The number of alkyl halides is 2. The SMILES string of the molecule is Cc1nc(Cl)cc(=O)n1CC1CCCC(F)(F)C1. The summed E-state index contributed by atoms with van der Waals surface area (Å²) in [5, 5.41) is 0.141. The van der Waals surface area contributed by atoms with E-state index in [0.717, 1.165) is 6.42 Å². The zero-order valence-electron chi connectivity index (χ0n) is 10.1. The van der Waals surface area contributed by atoms with E-state index in [2.05, 4.69) is 4.98 Å². The molecule has 0 aromatic carbocycles. The number of nitrogens with zero attached hydrogens (tertiary/aromatic N) is 2. The van der Waals surface area contributed by atoms with E-state index in [0.29, 0.717) is 18.8 Å². The van der Waals surface area contributed by atoms with Gasteiger partial charge in [-0.2, -0.15) is 0 Å². The van der Waals surface area contributed by atoms with Gasteiger partial charge in [-0.15, -0.1) is 0 Å². The van der Waals surface area contributed by atoms with Crippen molar-refractivity contribution in [2.24, 2.45) is 5.92 Å². The highest BCUT2D eigenvalue weighted by Gasteiger charge is 2.36. The Bertz CT molecular complexity index is 501. The molecule has 1 fully saturated rings. The summed E-state index contributed by atoms with van der Waals surface area (Å²) in [7, 11) is 0. The van der Waals surface area contributed by atoms with E-state index in [9.17, 15) is 13.6 Å². The first kappa shape index (κ1) is 13.5. The molecule has 1 atom stereocenters.